The van der Waals surface area contributed by atoms with E-state index in [1.165, 1.54) is 48.0 Å². The molecule has 0 spiro atoms. The Labute approximate surface area is 323 Å². The van der Waals surface area contributed by atoms with Crippen LogP contribution in [-0.4, -0.2) is 15.0 Å². The minimum atomic E-state index is 0.639. The Morgan fingerprint density at radius 2 is 0.618 bits per heavy atom. The van der Waals surface area contributed by atoms with Gasteiger partial charge in [-0.1, -0.05) is 188 Å². The number of hydrogen-bond acceptors (Lipinski definition) is 4. The number of fused-ring (bicyclic) bond motifs is 3. The van der Waals surface area contributed by atoms with E-state index in [0.717, 1.165) is 33.4 Å². The molecule has 0 bridgehead atoms. The zero-order valence-electron chi connectivity index (χ0n) is 29.8. The molecule has 0 saturated carbocycles. The summed E-state index contributed by atoms with van der Waals surface area (Å²) in [4.78, 5) is 15.2. The molecule has 0 N–H and O–H groups in total. The van der Waals surface area contributed by atoms with Crippen LogP contribution in [0.2, 0.25) is 0 Å². The summed E-state index contributed by atoms with van der Waals surface area (Å²) in [5.74, 6) is 1.93. The Hall–Kier alpha value is -7.01. The van der Waals surface area contributed by atoms with Gasteiger partial charge in [-0.05, 0) is 56.6 Å². The fourth-order valence-electron chi connectivity index (χ4n) is 7.39. The molecule has 10 rings (SSSR count). The Bertz CT molecular complexity index is 2950. The average Bonchev–Trinajstić information content (AvgIpc) is 3.67. The molecule has 0 unspecified atom stereocenters. The third kappa shape index (κ3) is 6.29. The molecule has 0 radical (unpaired) electrons. The third-order valence-electron chi connectivity index (χ3n) is 10.2. The minimum Gasteiger partial charge on any atom is -0.208 e. The molecule has 2 heterocycles. The zero-order chi connectivity index (χ0) is 36.6. The first-order chi connectivity index (χ1) is 27.2. The molecule has 0 amide bonds. The summed E-state index contributed by atoms with van der Waals surface area (Å²) in [7, 11) is 0. The predicted octanol–water partition coefficient (Wildman–Crippen LogP) is 13.9. The normalized spacial score (nSPS) is 11.3. The number of thiophene rings is 1. The lowest BCUT2D eigenvalue weighted by Crippen LogP contribution is -2.00. The summed E-state index contributed by atoms with van der Waals surface area (Å²) < 4.78 is 2.56. The van der Waals surface area contributed by atoms with Crippen molar-refractivity contribution in [3.8, 4) is 78.7 Å². The number of benzene rings is 8. The van der Waals surface area contributed by atoms with Crippen LogP contribution in [0.3, 0.4) is 0 Å². The number of nitrogens with zero attached hydrogens (tertiary/aromatic N) is 3. The SMILES string of the molecule is c1ccc(-c2ccc(-c3cccc4c3sc3c(-c5cccc(-c6nc(-c7ccccc7)nc(-c7cccc(-c8ccccc8)c7)n6)c5)cccc34)cc2)cc1. The average molecular weight is 720 g/mol. The lowest BCUT2D eigenvalue weighted by molar-refractivity contribution is 1.07. The highest BCUT2D eigenvalue weighted by Crippen LogP contribution is 2.44. The number of rotatable bonds is 7. The molecular formula is C51H33N3S. The van der Waals surface area contributed by atoms with Crippen molar-refractivity contribution in [2.45, 2.75) is 0 Å². The molecule has 258 valence electrons. The van der Waals surface area contributed by atoms with Crippen molar-refractivity contribution in [1.29, 1.82) is 0 Å². The van der Waals surface area contributed by atoms with E-state index in [-0.39, 0.29) is 0 Å². The van der Waals surface area contributed by atoms with E-state index in [4.69, 9.17) is 15.0 Å². The molecule has 10 aromatic rings. The molecule has 8 aromatic carbocycles. The highest BCUT2D eigenvalue weighted by Gasteiger charge is 2.17. The third-order valence-corrected chi connectivity index (χ3v) is 11.4. The van der Waals surface area contributed by atoms with Gasteiger partial charge in [-0.3, -0.25) is 0 Å². The van der Waals surface area contributed by atoms with Gasteiger partial charge in [0, 0.05) is 36.9 Å². The molecule has 0 aliphatic heterocycles. The van der Waals surface area contributed by atoms with Crippen molar-refractivity contribution in [2.24, 2.45) is 0 Å². The van der Waals surface area contributed by atoms with Crippen LogP contribution in [0.15, 0.2) is 200 Å². The van der Waals surface area contributed by atoms with E-state index in [1.54, 1.807) is 0 Å². The molecule has 0 atom stereocenters. The summed E-state index contributed by atoms with van der Waals surface area (Å²) in [5.41, 5.74) is 12.3. The van der Waals surface area contributed by atoms with Crippen molar-refractivity contribution >= 4 is 31.5 Å². The van der Waals surface area contributed by atoms with Gasteiger partial charge in [0.25, 0.3) is 0 Å². The van der Waals surface area contributed by atoms with E-state index in [1.807, 2.05) is 47.7 Å². The van der Waals surface area contributed by atoms with E-state index in [0.29, 0.717) is 17.5 Å². The van der Waals surface area contributed by atoms with Crippen molar-refractivity contribution < 1.29 is 0 Å². The van der Waals surface area contributed by atoms with E-state index in [2.05, 4.69) is 164 Å². The van der Waals surface area contributed by atoms with Crippen molar-refractivity contribution in [3.05, 3.63) is 200 Å². The first-order valence-corrected chi connectivity index (χ1v) is 19.3. The zero-order valence-corrected chi connectivity index (χ0v) is 30.6. The van der Waals surface area contributed by atoms with Crippen LogP contribution < -0.4 is 0 Å². The molecule has 55 heavy (non-hydrogen) atoms. The highest BCUT2D eigenvalue weighted by molar-refractivity contribution is 7.26. The van der Waals surface area contributed by atoms with Gasteiger partial charge in [0.1, 0.15) is 0 Å². The second kappa shape index (κ2) is 14.1. The largest absolute Gasteiger partial charge is 0.208 e. The van der Waals surface area contributed by atoms with Gasteiger partial charge in [-0.2, -0.15) is 0 Å². The van der Waals surface area contributed by atoms with Crippen LogP contribution in [0.25, 0.3) is 98.8 Å². The maximum atomic E-state index is 5.12. The van der Waals surface area contributed by atoms with Gasteiger partial charge < -0.3 is 0 Å². The molecule has 4 heteroatoms. The van der Waals surface area contributed by atoms with Gasteiger partial charge in [0.2, 0.25) is 0 Å². The van der Waals surface area contributed by atoms with Crippen LogP contribution in [0, 0.1) is 0 Å². The van der Waals surface area contributed by atoms with Gasteiger partial charge in [-0.25, -0.2) is 15.0 Å². The van der Waals surface area contributed by atoms with Crippen molar-refractivity contribution in [1.82, 2.24) is 15.0 Å². The monoisotopic (exact) mass is 719 g/mol. The van der Waals surface area contributed by atoms with Gasteiger partial charge >= 0.3 is 0 Å². The Morgan fingerprint density at radius 3 is 1.18 bits per heavy atom. The standard InChI is InChI=1S/C51H33N3S/c1-4-14-34(15-5-1)36-28-30-37(31-29-36)43-24-12-26-45-46-27-13-25-44(48(46)55-47(43)45)40-21-11-23-42(33-40)51-53-49(38-18-8-3-9-19-38)52-50(54-51)41-22-10-20-39(32-41)35-16-6-2-7-17-35/h1-33H. The van der Waals surface area contributed by atoms with Crippen LogP contribution in [0.1, 0.15) is 0 Å². The van der Waals surface area contributed by atoms with Gasteiger partial charge in [0.15, 0.2) is 17.5 Å². The summed E-state index contributed by atoms with van der Waals surface area (Å²) in [6.45, 7) is 0. The molecule has 2 aromatic heterocycles. The van der Waals surface area contributed by atoms with Crippen LogP contribution in [0.4, 0.5) is 0 Å². The number of aromatic nitrogens is 3. The Balaban J connectivity index is 1.07. The molecule has 0 aliphatic carbocycles. The smallest absolute Gasteiger partial charge is 0.164 e. The quantitative estimate of drug-likeness (QED) is 0.165. The van der Waals surface area contributed by atoms with E-state index < -0.39 is 0 Å². The topological polar surface area (TPSA) is 38.7 Å². The Morgan fingerprint density at radius 1 is 0.255 bits per heavy atom. The second-order valence-corrected chi connectivity index (χ2v) is 14.6. The molecule has 0 fully saturated rings. The Kier molecular flexibility index (Phi) is 8.36. The van der Waals surface area contributed by atoms with Crippen LogP contribution in [-0.2, 0) is 0 Å². The number of hydrogen-bond donors (Lipinski definition) is 0. The summed E-state index contributed by atoms with van der Waals surface area (Å²) in [5, 5.41) is 2.53. The van der Waals surface area contributed by atoms with Gasteiger partial charge in [-0.15, -0.1) is 11.3 Å². The summed E-state index contributed by atoms with van der Waals surface area (Å²) in [6.07, 6.45) is 0. The minimum absolute atomic E-state index is 0.639. The lowest BCUT2D eigenvalue weighted by Gasteiger charge is -2.11. The fraction of sp³-hybridized carbons (Fsp3) is 0. The lowest BCUT2D eigenvalue weighted by atomic mass is 9.98. The fourth-order valence-corrected chi connectivity index (χ4v) is 8.76. The van der Waals surface area contributed by atoms with E-state index >= 15 is 0 Å². The first-order valence-electron chi connectivity index (χ1n) is 18.4. The molecule has 0 aliphatic rings. The van der Waals surface area contributed by atoms with E-state index in [9.17, 15) is 0 Å². The highest BCUT2D eigenvalue weighted by atomic mass is 32.1. The predicted molar refractivity (Wildman–Crippen MR) is 231 cm³/mol. The first kappa shape index (κ1) is 32.6. The van der Waals surface area contributed by atoms with Crippen molar-refractivity contribution in [3.63, 3.8) is 0 Å². The summed E-state index contributed by atoms with van der Waals surface area (Å²) >= 11 is 1.86. The maximum absolute atomic E-state index is 5.12. The summed E-state index contributed by atoms with van der Waals surface area (Å²) in [6, 6.07) is 70.4. The second-order valence-electron chi connectivity index (χ2n) is 13.6. The molecular weight excluding hydrogens is 687 g/mol. The molecule has 0 saturated heterocycles. The molecule has 3 nitrogen and oxygen atoms in total. The van der Waals surface area contributed by atoms with Crippen molar-refractivity contribution in [2.75, 3.05) is 0 Å². The van der Waals surface area contributed by atoms with Crippen LogP contribution >= 0.6 is 11.3 Å². The maximum Gasteiger partial charge on any atom is 0.164 e. The van der Waals surface area contributed by atoms with Crippen LogP contribution in [0.5, 0.6) is 0 Å². The van der Waals surface area contributed by atoms with Gasteiger partial charge in [0.05, 0.1) is 0 Å².